The summed E-state index contributed by atoms with van der Waals surface area (Å²) in [6.45, 7) is 0.267. The number of rotatable bonds is 3. The molecule has 0 saturated heterocycles. The number of nitrogens with one attached hydrogen (secondary N) is 2. The second-order valence-corrected chi connectivity index (χ2v) is 5.62. The smallest absolute Gasteiger partial charge is 0.252 e. The van der Waals surface area contributed by atoms with Crippen molar-refractivity contribution in [3.05, 3.63) is 36.0 Å². The fourth-order valence-corrected chi connectivity index (χ4v) is 3.04. The van der Waals surface area contributed by atoms with Crippen molar-refractivity contribution in [1.82, 2.24) is 10.3 Å². The molecular weight excluding hydrogens is 252 g/mol. The highest BCUT2D eigenvalue weighted by Gasteiger charge is 2.22. The number of H-pyrrole nitrogens is 1. The molecule has 0 radical (unpaired) electrons. The van der Waals surface area contributed by atoms with Gasteiger partial charge in [-0.25, -0.2) is 0 Å². The Kier molecular flexibility index (Phi) is 3.74. The van der Waals surface area contributed by atoms with Crippen LogP contribution in [0.5, 0.6) is 0 Å². The maximum Gasteiger partial charge on any atom is 0.252 e. The third-order valence-corrected chi connectivity index (χ3v) is 4.28. The molecule has 1 fully saturated rings. The number of hydrogen-bond donors (Lipinski definition) is 3. The molecule has 1 amide bonds. The fourth-order valence-electron chi connectivity index (χ4n) is 3.04. The molecule has 20 heavy (non-hydrogen) atoms. The Morgan fingerprint density at radius 2 is 2.05 bits per heavy atom. The highest BCUT2D eigenvalue weighted by atomic mass is 16.3. The molecule has 1 aromatic heterocycles. The maximum atomic E-state index is 12.4. The summed E-state index contributed by atoms with van der Waals surface area (Å²) in [5.74, 6) is 0.416. The van der Waals surface area contributed by atoms with Crippen LogP contribution in [0.25, 0.3) is 10.9 Å². The normalized spacial score (nSPS) is 22.9. The molecule has 2 aromatic rings. The van der Waals surface area contributed by atoms with E-state index in [0.717, 1.165) is 42.1 Å². The Morgan fingerprint density at radius 3 is 2.80 bits per heavy atom. The zero-order valence-corrected chi connectivity index (χ0v) is 11.4. The molecule has 0 bridgehead atoms. The zero-order valence-electron chi connectivity index (χ0n) is 11.4. The van der Waals surface area contributed by atoms with Crippen LogP contribution in [0, 0.1) is 5.92 Å². The van der Waals surface area contributed by atoms with Gasteiger partial charge in [0.25, 0.3) is 5.91 Å². The van der Waals surface area contributed by atoms with Gasteiger partial charge in [-0.1, -0.05) is 6.07 Å². The lowest BCUT2D eigenvalue weighted by atomic mass is 9.86. The summed E-state index contributed by atoms with van der Waals surface area (Å²) in [5.41, 5.74) is 1.72. The molecule has 1 aromatic carbocycles. The summed E-state index contributed by atoms with van der Waals surface area (Å²) in [4.78, 5) is 15.5. The van der Waals surface area contributed by atoms with E-state index in [1.165, 1.54) is 0 Å². The first-order valence-electron chi connectivity index (χ1n) is 7.25. The van der Waals surface area contributed by atoms with E-state index in [-0.39, 0.29) is 18.6 Å². The van der Waals surface area contributed by atoms with Crippen molar-refractivity contribution in [3.8, 4) is 0 Å². The number of aromatic amines is 1. The Hall–Kier alpha value is -1.81. The van der Waals surface area contributed by atoms with Crippen LogP contribution < -0.4 is 5.32 Å². The standard InChI is InChI=1S/C16H20N2O2/c19-10-11-4-6-12(7-5-11)18-16(20)14-2-1-3-15-13(14)8-9-17-15/h1-3,8-9,11-12,17,19H,4-7,10H2,(H,18,20). The number of aliphatic hydroxyl groups is 1. The van der Waals surface area contributed by atoms with Crippen LogP contribution in [-0.2, 0) is 0 Å². The van der Waals surface area contributed by atoms with E-state index in [9.17, 15) is 4.79 Å². The first kappa shape index (κ1) is 13.2. The van der Waals surface area contributed by atoms with Crippen molar-refractivity contribution in [1.29, 1.82) is 0 Å². The van der Waals surface area contributed by atoms with E-state index < -0.39 is 0 Å². The first-order chi connectivity index (χ1) is 9.78. The SMILES string of the molecule is O=C(NC1CCC(CO)CC1)c1cccc2[nH]ccc12. The lowest BCUT2D eigenvalue weighted by Crippen LogP contribution is -2.38. The van der Waals surface area contributed by atoms with Gasteiger partial charge in [0.05, 0.1) is 0 Å². The molecule has 1 aliphatic carbocycles. The third-order valence-electron chi connectivity index (χ3n) is 4.28. The van der Waals surface area contributed by atoms with Crippen molar-refractivity contribution in [2.45, 2.75) is 31.7 Å². The Morgan fingerprint density at radius 1 is 1.25 bits per heavy atom. The van der Waals surface area contributed by atoms with Gasteiger partial charge < -0.3 is 15.4 Å². The van der Waals surface area contributed by atoms with Gasteiger partial charge in [-0.05, 0) is 49.8 Å². The number of fused-ring (bicyclic) bond motifs is 1. The van der Waals surface area contributed by atoms with Crippen LogP contribution in [0.15, 0.2) is 30.5 Å². The van der Waals surface area contributed by atoms with Gasteiger partial charge in [-0.2, -0.15) is 0 Å². The zero-order chi connectivity index (χ0) is 13.9. The van der Waals surface area contributed by atoms with Crippen LogP contribution in [0.4, 0.5) is 0 Å². The fraction of sp³-hybridized carbons (Fsp3) is 0.438. The second kappa shape index (κ2) is 5.67. The molecule has 0 spiro atoms. The van der Waals surface area contributed by atoms with Crippen molar-refractivity contribution < 1.29 is 9.90 Å². The number of carbonyl (C=O) groups is 1. The average Bonchev–Trinajstić information content (AvgIpc) is 2.96. The summed E-state index contributed by atoms with van der Waals surface area (Å²) in [7, 11) is 0. The van der Waals surface area contributed by atoms with Crippen LogP contribution in [0.2, 0.25) is 0 Å². The Labute approximate surface area is 118 Å². The molecule has 106 valence electrons. The second-order valence-electron chi connectivity index (χ2n) is 5.62. The molecule has 3 N–H and O–H groups in total. The number of aromatic nitrogens is 1. The highest BCUT2D eigenvalue weighted by Crippen LogP contribution is 2.24. The average molecular weight is 272 g/mol. The van der Waals surface area contributed by atoms with Gasteiger partial charge in [-0.3, -0.25) is 4.79 Å². The van der Waals surface area contributed by atoms with Crippen molar-refractivity contribution in [2.24, 2.45) is 5.92 Å². The van der Waals surface area contributed by atoms with Gasteiger partial charge in [0.15, 0.2) is 0 Å². The summed E-state index contributed by atoms with van der Waals surface area (Å²) >= 11 is 0. The lowest BCUT2D eigenvalue weighted by Gasteiger charge is -2.28. The van der Waals surface area contributed by atoms with Crippen LogP contribution in [0.3, 0.4) is 0 Å². The maximum absolute atomic E-state index is 12.4. The molecule has 4 heteroatoms. The molecule has 3 rings (SSSR count). The Balaban J connectivity index is 1.69. The van der Waals surface area contributed by atoms with Gasteiger partial charge in [0.2, 0.25) is 0 Å². The molecule has 0 unspecified atom stereocenters. The van der Waals surface area contributed by atoms with Crippen molar-refractivity contribution >= 4 is 16.8 Å². The topological polar surface area (TPSA) is 65.1 Å². The van der Waals surface area contributed by atoms with Gasteiger partial charge in [-0.15, -0.1) is 0 Å². The van der Waals surface area contributed by atoms with Crippen molar-refractivity contribution in [2.75, 3.05) is 6.61 Å². The van der Waals surface area contributed by atoms with Crippen LogP contribution >= 0.6 is 0 Å². The monoisotopic (exact) mass is 272 g/mol. The number of benzene rings is 1. The molecule has 0 atom stereocenters. The van der Waals surface area contributed by atoms with Gasteiger partial charge in [0, 0.05) is 35.3 Å². The van der Waals surface area contributed by atoms with Gasteiger partial charge >= 0.3 is 0 Å². The van der Waals surface area contributed by atoms with E-state index in [1.807, 2.05) is 30.5 Å². The minimum atomic E-state index is 0.00245. The third kappa shape index (κ3) is 2.56. The quantitative estimate of drug-likeness (QED) is 0.803. The largest absolute Gasteiger partial charge is 0.396 e. The number of amides is 1. The molecule has 1 heterocycles. The summed E-state index contributed by atoms with van der Waals surface area (Å²) in [6.07, 6.45) is 5.76. The predicted molar refractivity (Wildman–Crippen MR) is 78.6 cm³/mol. The molecule has 1 saturated carbocycles. The minimum Gasteiger partial charge on any atom is -0.396 e. The van der Waals surface area contributed by atoms with Crippen LogP contribution in [-0.4, -0.2) is 28.6 Å². The molecular formula is C16H20N2O2. The highest BCUT2D eigenvalue weighted by molar-refractivity contribution is 6.06. The van der Waals surface area contributed by atoms with E-state index in [1.54, 1.807) is 0 Å². The predicted octanol–water partition coefficient (Wildman–Crippen LogP) is 2.45. The van der Waals surface area contributed by atoms with E-state index >= 15 is 0 Å². The van der Waals surface area contributed by atoms with Gasteiger partial charge in [0.1, 0.15) is 0 Å². The van der Waals surface area contributed by atoms with E-state index in [0.29, 0.717) is 5.92 Å². The summed E-state index contributed by atoms with van der Waals surface area (Å²) in [5, 5.41) is 13.2. The summed E-state index contributed by atoms with van der Waals surface area (Å²) in [6, 6.07) is 7.91. The molecule has 0 aliphatic heterocycles. The lowest BCUT2D eigenvalue weighted by molar-refractivity contribution is 0.0915. The van der Waals surface area contributed by atoms with Crippen LogP contribution in [0.1, 0.15) is 36.0 Å². The van der Waals surface area contributed by atoms with E-state index in [2.05, 4.69) is 10.3 Å². The van der Waals surface area contributed by atoms with E-state index in [4.69, 9.17) is 5.11 Å². The molecule has 1 aliphatic rings. The Bertz CT molecular complexity index is 597. The summed E-state index contributed by atoms with van der Waals surface area (Å²) < 4.78 is 0. The number of hydrogen-bond acceptors (Lipinski definition) is 2. The first-order valence-corrected chi connectivity index (χ1v) is 7.25. The minimum absolute atomic E-state index is 0.00245. The number of aliphatic hydroxyl groups excluding tert-OH is 1. The molecule has 4 nitrogen and oxygen atoms in total. The number of carbonyl (C=O) groups excluding carboxylic acids is 1. The van der Waals surface area contributed by atoms with Crippen molar-refractivity contribution in [3.63, 3.8) is 0 Å².